The number of ether oxygens (including phenoxy) is 1. The first kappa shape index (κ1) is 24.3. The topological polar surface area (TPSA) is 69.0 Å². The molecule has 0 unspecified atom stereocenters. The molecule has 0 saturated heterocycles. The van der Waals surface area contributed by atoms with Gasteiger partial charge in [0.25, 0.3) is 0 Å². The van der Waals surface area contributed by atoms with Gasteiger partial charge in [0.2, 0.25) is 5.91 Å². The van der Waals surface area contributed by atoms with Crippen molar-refractivity contribution in [1.29, 1.82) is 0 Å². The molecule has 178 valence electrons. The summed E-state index contributed by atoms with van der Waals surface area (Å²) in [7, 11) is 0. The number of nitrogens with one attached hydrogen (secondary N) is 1. The van der Waals surface area contributed by atoms with E-state index in [0.717, 1.165) is 29.0 Å². The highest BCUT2D eigenvalue weighted by Gasteiger charge is 2.15. The third-order valence-corrected chi connectivity index (χ3v) is 6.29. The van der Waals surface area contributed by atoms with Crippen LogP contribution in [0.15, 0.2) is 96.7 Å². The van der Waals surface area contributed by atoms with Crippen LogP contribution in [0.5, 0.6) is 5.75 Å². The molecule has 0 aliphatic heterocycles. The smallest absolute Gasteiger partial charge is 0.234 e. The van der Waals surface area contributed by atoms with Gasteiger partial charge in [-0.1, -0.05) is 78.5 Å². The van der Waals surface area contributed by atoms with Gasteiger partial charge in [0.15, 0.2) is 11.0 Å². The van der Waals surface area contributed by atoms with Crippen molar-refractivity contribution in [2.24, 2.45) is 0 Å². The normalized spacial score (nSPS) is 10.7. The third kappa shape index (κ3) is 6.83. The average molecular weight is 485 g/mol. The van der Waals surface area contributed by atoms with Crippen LogP contribution in [0.4, 0.5) is 5.69 Å². The minimum absolute atomic E-state index is 0.0961. The molecule has 0 aliphatic carbocycles. The maximum atomic E-state index is 12.8. The number of aryl methyl sites for hydroxylation is 1. The highest BCUT2D eigenvalue weighted by molar-refractivity contribution is 7.99. The molecule has 0 bridgehead atoms. The van der Waals surface area contributed by atoms with Gasteiger partial charge in [0.1, 0.15) is 12.4 Å². The summed E-state index contributed by atoms with van der Waals surface area (Å²) in [6.07, 6.45) is 2.53. The van der Waals surface area contributed by atoms with Gasteiger partial charge in [-0.15, -0.1) is 16.8 Å². The van der Waals surface area contributed by atoms with Gasteiger partial charge in [-0.2, -0.15) is 0 Å². The molecule has 7 heteroatoms. The molecule has 4 aromatic rings. The lowest BCUT2D eigenvalue weighted by molar-refractivity contribution is -0.113. The standard InChI is InChI=1S/C28H28N4O2S/c1-3-16-32-26(19-34-24-14-9-10-21(2)17-24)30-31-28(32)35-20-27(33)29-25-15-8-7-13-23(25)18-22-11-5-4-6-12-22/h3-15,17H,1,16,18-20H2,2H3,(H,29,33). The van der Waals surface area contributed by atoms with E-state index in [-0.39, 0.29) is 18.3 Å². The number of aromatic nitrogens is 3. The van der Waals surface area contributed by atoms with E-state index in [1.165, 1.54) is 17.3 Å². The number of benzene rings is 3. The lowest BCUT2D eigenvalue weighted by Crippen LogP contribution is -2.16. The molecule has 0 aliphatic rings. The van der Waals surface area contributed by atoms with Crippen LogP contribution in [0.1, 0.15) is 22.5 Å². The van der Waals surface area contributed by atoms with Crippen LogP contribution in [0.25, 0.3) is 0 Å². The first-order chi connectivity index (χ1) is 17.1. The second-order valence-electron chi connectivity index (χ2n) is 8.06. The van der Waals surface area contributed by atoms with Gasteiger partial charge in [-0.25, -0.2) is 0 Å². The Morgan fingerprint density at radius 1 is 1.06 bits per heavy atom. The molecule has 1 amide bonds. The first-order valence-corrected chi connectivity index (χ1v) is 12.4. The molecule has 1 aromatic heterocycles. The van der Waals surface area contributed by atoms with Gasteiger partial charge >= 0.3 is 0 Å². The second kappa shape index (κ2) is 12.0. The van der Waals surface area contributed by atoms with Crippen molar-refractivity contribution in [3.63, 3.8) is 0 Å². The van der Waals surface area contributed by atoms with Gasteiger partial charge in [0, 0.05) is 12.2 Å². The zero-order valence-corrected chi connectivity index (χ0v) is 20.5. The Morgan fingerprint density at radius 2 is 1.86 bits per heavy atom. The van der Waals surface area contributed by atoms with Crippen molar-refractivity contribution in [2.45, 2.75) is 31.7 Å². The summed E-state index contributed by atoms with van der Waals surface area (Å²) in [6.45, 7) is 6.67. The molecule has 1 N–H and O–H groups in total. The van der Waals surface area contributed by atoms with E-state index >= 15 is 0 Å². The number of allylic oxidation sites excluding steroid dienone is 1. The summed E-state index contributed by atoms with van der Waals surface area (Å²) in [5.41, 5.74) is 4.22. The van der Waals surface area contributed by atoms with Crippen molar-refractivity contribution >= 4 is 23.4 Å². The Morgan fingerprint density at radius 3 is 2.66 bits per heavy atom. The fraction of sp³-hybridized carbons (Fsp3) is 0.179. The quantitative estimate of drug-likeness (QED) is 0.219. The highest BCUT2D eigenvalue weighted by atomic mass is 32.2. The molecule has 3 aromatic carbocycles. The van der Waals surface area contributed by atoms with Crippen LogP contribution >= 0.6 is 11.8 Å². The van der Waals surface area contributed by atoms with Crippen LogP contribution in [-0.2, 0) is 24.4 Å². The number of carbonyl (C=O) groups is 1. The third-order valence-electron chi connectivity index (χ3n) is 5.32. The lowest BCUT2D eigenvalue weighted by Gasteiger charge is -2.12. The number of rotatable bonds is 11. The van der Waals surface area contributed by atoms with Crippen molar-refractivity contribution in [3.8, 4) is 5.75 Å². The molecule has 0 saturated carbocycles. The number of nitrogens with zero attached hydrogens (tertiary/aromatic N) is 3. The van der Waals surface area contributed by atoms with E-state index in [4.69, 9.17) is 4.74 Å². The number of anilines is 1. The van der Waals surface area contributed by atoms with Crippen molar-refractivity contribution < 1.29 is 9.53 Å². The predicted octanol–water partition coefficient (Wildman–Crippen LogP) is 5.67. The fourth-order valence-corrected chi connectivity index (χ4v) is 4.39. The van der Waals surface area contributed by atoms with Crippen LogP contribution in [0.2, 0.25) is 0 Å². The molecule has 0 fully saturated rings. The summed E-state index contributed by atoms with van der Waals surface area (Å²) in [5, 5.41) is 12.3. The average Bonchev–Trinajstić information content (AvgIpc) is 3.25. The van der Waals surface area contributed by atoms with E-state index in [1.54, 1.807) is 6.08 Å². The zero-order valence-electron chi connectivity index (χ0n) is 19.7. The molecule has 0 atom stereocenters. The zero-order chi connectivity index (χ0) is 24.5. The number of hydrogen-bond acceptors (Lipinski definition) is 5. The summed E-state index contributed by atoms with van der Waals surface area (Å²) < 4.78 is 7.81. The monoisotopic (exact) mass is 484 g/mol. The van der Waals surface area contributed by atoms with E-state index in [9.17, 15) is 4.79 Å². The highest BCUT2D eigenvalue weighted by Crippen LogP contribution is 2.22. The molecule has 6 nitrogen and oxygen atoms in total. The van der Waals surface area contributed by atoms with E-state index in [0.29, 0.717) is 17.5 Å². The number of hydrogen-bond donors (Lipinski definition) is 1. The molecule has 35 heavy (non-hydrogen) atoms. The maximum absolute atomic E-state index is 12.8. The minimum atomic E-state index is -0.0961. The Bertz CT molecular complexity index is 1290. The molecule has 4 rings (SSSR count). The fourth-order valence-electron chi connectivity index (χ4n) is 3.63. The van der Waals surface area contributed by atoms with Gasteiger partial charge in [0.05, 0.1) is 5.75 Å². The molecule has 0 spiro atoms. The summed E-state index contributed by atoms with van der Waals surface area (Å²) in [5.74, 6) is 1.58. The SMILES string of the molecule is C=CCn1c(COc2cccc(C)c2)nnc1SCC(=O)Nc1ccccc1Cc1ccccc1. The Labute approximate surface area is 210 Å². The number of para-hydroxylation sites is 1. The summed E-state index contributed by atoms with van der Waals surface area (Å²) in [6, 6.07) is 26.0. The lowest BCUT2D eigenvalue weighted by atomic mass is 10.0. The number of carbonyl (C=O) groups excluding carboxylic acids is 1. The van der Waals surface area contributed by atoms with Gasteiger partial charge in [-0.05, 0) is 48.2 Å². The van der Waals surface area contributed by atoms with Crippen LogP contribution in [0.3, 0.4) is 0 Å². The number of thioether (sulfide) groups is 1. The van der Waals surface area contributed by atoms with Gasteiger partial charge < -0.3 is 10.1 Å². The van der Waals surface area contributed by atoms with Crippen molar-refractivity contribution in [1.82, 2.24) is 14.8 Å². The Kier molecular flexibility index (Phi) is 8.35. The Balaban J connectivity index is 1.38. The van der Waals surface area contributed by atoms with Crippen LogP contribution < -0.4 is 10.1 Å². The van der Waals surface area contributed by atoms with E-state index in [1.807, 2.05) is 78.2 Å². The van der Waals surface area contributed by atoms with Crippen LogP contribution in [-0.4, -0.2) is 26.4 Å². The largest absolute Gasteiger partial charge is 0.486 e. The molecular formula is C28H28N4O2S. The second-order valence-corrected chi connectivity index (χ2v) is 9.00. The Hall–Kier alpha value is -3.84. The number of amides is 1. The van der Waals surface area contributed by atoms with Gasteiger partial charge in [-0.3, -0.25) is 9.36 Å². The van der Waals surface area contributed by atoms with E-state index in [2.05, 4.69) is 34.2 Å². The summed E-state index contributed by atoms with van der Waals surface area (Å²) in [4.78, 5) is 12.8. The van der Waals surface area contributed by atoms with E-state index < -0.39 is 0 Å². The minimum Gasteiger partial charge on any atom is -0.486 e. The summed E-state index contributed by atoms with van der Waals surface area (Å²) >= 11 is 1.34. The molecule has 1 heterocycles. The van der Waals surface area contributed by atoms with Crippen LogP contribution in [0, 0.1) is 6.92 Å². The maximum Gasteiger partial charge on any atom is 0.234 e. The first-order valence-electron chi connectivity index (χ1n) is 11.4. The molecular weight excluding hydrogens is 456 g/mol. The van der Waals surface area contributed by atoms with Crippen molar-refractivity contribution in [2.75, 3.05) is 11.1 Å². The van der Waals surface area contributed by atoms with Crippen molar-refractivity contribution in [3.05, 3.63) is 114 Å². The molecule has 0 radical (unpaired) electrons. The predicted molar refractivity (Wildman–Crippen MR) is 141 cm³/mol.